The quantitative estimate of drug-likeness (QED) is 0.675. The Bertz CT molecular complexity index is 675. The highest BCUT2D eigenvalue weighted by atomic mass is 16.7. The predicted molar refractivity (Wildman–Crippen MR) is 89.3 cm³/mol. The van der Waals surface area contributed by atoms with Crippen LogP contribution in [0, 0.1) is 5.92 Å². The summed E-state index contributed by atoms with van der Waals surface area (Å²) in [5.41, 5.74) is 6.83. The van der Waals surface area contributed by atoms with Crippen molar-refractivity contribution in [2.45, 2.75) is 31.1 Å². The molecule has 3 atom stereocenters. The molecule has 4 rings (SSSR count). The molecule has 3 unspecified atom stereocenters. The van der Waals surface area contributed by atoms with E-state index in [1.165, 1.54) is 0 Å². The van der Waals surface area contributed by atoms with Crippen molar-refractivity contribution in [3.63, 3.8) is 0 Å². The Hall–Kier alpha value is -1.73. The van der Waals surface area contributed by atoms with Crippen LogP contribution >= 0.6 is 0 Å². The third-order valence-electron chi connectivity index (χ3n) is 5.32. The van der Waals surface area contributed by atoms with E-state index < -0.39 is 11.3 Å². The maximum Gasteiger partial charge on any atom is 0.224 e. The summed E-state index contributed by atoms with van der Waals surface area (Å²) in [4.78, 5) is 10.9. The minimum Gasteiger partial charge on any atom is -0.484 e. The van der Waals surface area contributed by atoms with Gasteiger partial charge in [-0.05, 0) is 18.9 Å². The molecule has 1 aromatic carbocycles. The number of rotatable bonds is 0. The molecule has 0 bridgehead atoms. The summed E-state index contributed by atoms with van der Waals surface area (Å²) < 4.78 is 12.2. The van der Waals surface area contributed by atoms with E-state index in [9.17, 15) is 0 Å². The van der Waals surface area contributed by atoms with Gasteiger partial charge in [-0.25, -0.2) is 14.9 Å². The SMILES string of the molecule is Bc1ccc2c(c1)C1(N=C(N)N(C)O1)C(C)C1(CCCOC1)O2. The third-order valence-corrected chi connectivity index (χ3v) is 5.32. The molecule has 1 fully saturated rings. The molecule has 0 radical (unpaired) electrons. The average molecular weight is 315 g/mol. The number of guanidine groups is 1. The lowest BCUT2D eigenvalue weighted by molar-refractivity contribution is -0.247. The molecule has 6 nitrogen and oxygen atoms in total. The van der Waals surface area contributed by atoms with E-state index in [-0.39, 0.29) is 5.92 Å². The first-order valence-corrected chi connectivity index (χ1v) is 8.13. The van der Waals surface area contributed by atoms with Crippen molar-refractivity contribution in [1.29, 1.82) is 0 Å². The molecule has 3 aliphatic rings. The molecule has 0 aromatic heterocycles. The van der Waals surface area contributed by atoms with Gasteiger partial charge >= 0.3 is 0 Å². The Balaban J connectivity index is 1.91. The molecular formula is C16H22BN3O3. The first-order valence-electron chi connectivity index (χ1n) is 8.13. The zero-order valence-electron chi connectivity index (χ0n) is 13.8. The van der Waals surface area contributed by atoms with E-state index in [0.29, 0.717) is 12.6 Å². The number of hydroxylamine groups is 2. The molecule has 23 heavy (non-hydrogen) atoms. The molecule has 0 aliphatic carbocycles. The first kappa shape index (κ1) is 14.8. The zero-order valence-corrected chi connectivity index (χ0v) is 13.8. The van der Waals surface area contributed by atoms with E-state index in [4.69, 9.17) is 25.0 Å². The van der Waals surface area contributed by atoms with Crippen LogP contribution in [0.3, 0.4) is 0 Å². The normalized spacial score (nSPS) is 36.0. The van der Waals surface area contributed by atoms with E-state index in [1.54, 1.807) is 12.1 Å². The number of nitrogens with zero attached hydrogens (tertiary/aromatic N) is 2. The number of hydrogen-bond donors (Lipinski definition) is 1. The van der Waals surface area contributed by atoms with Gasteiger partial charge in [-0.3, -0.25) is 0 Å². The molecule has 3 aliphatic heterocycles. The molecule has 0 amide bonds. The van der Waals surface area contributed by atoms with E-state index >= 15 is 0 Å². The van der Waals surface area contributed by atoms with Crippen molar-refractivity contribution in [1.82, 2.24) is 5.06 Å². The minimum atomic E-state index is -0.848. The smallest absolute Gasteiger partial charge is 0.224 e. The second-order valence-corrected chi connectivity index (χ2v) is 6.80. The van der Waals surface area contributed by atoms with Crippen LogP contribution in [0.25, 0.3) is 0 Å². The summed E-state index contributed by atoms with van der Waals surface area (Å²) in [5, 5.41) is 1.55. The number of ether oxygens (including phenoxy) is 2. The van der Waals surface area contributed by atoms with Gasteiger partial charge in [0.25, 0.3) is 0 Å². The predicted octanol–water partition coefficient (Wildman–Crippen LogP) is -0.133. The van der Waals surface area contributed by atoms with Crippen LogP contribution in [0.15, 0.2) is 23.2 Å². The number of aliphatic imine (C=N–C) groups is 1. The lowest BCUT2D eigenvalue weighted by atomic mass is 9.72. The molecule has 0 saturated carbocycles. The summed E-state index contributed by atoms with van der Waals surface area (Å²) in [6.45, 7) is 3.44. The summed E-state index contributed by atoms with van der Waals surface area (Å²) in [5.74, 6) is 1.18. The van der Waals surface area contributed by atoms with Crippen molar-refractivity contribution in [2.75, 3.05) is 20.3 Å². The summed E-state index contributed by atoms with van der Waals surface area (Å²) in [6, 6.07) is 6.13. The minimum absolute atomic E-state index is 0.0203. The first-order chi connectivity index (χ1) is 11.0. The van der Waals surface area contributed by atoms with Gasteiger partial charge in [0.2, 0.25) is 11.7 Å². The molecule has 2 spiro atoms. The van der Waals surface area contributed by atoms with Crippen molar-refractivity contribution in [2.24, 2.45) is 16.6 Å². The lowest BCUT2D eigenvalue weighted by Gasteiger charge is -2.51. The molecular weight excluding hydrogens is 293 g/mol. The Labute approximate surface area is 137 Å². The van der Waals surface area contributed by atoms with Crippen LogP contribution in [-0.2, 0) is 15.3 Å². The zero-order chi connectivity index (χ0) is 16.2. The Morgan fingerprint density at radius 3 is 2.91 bits per heavy atom. The largest absolute Gasteiger partial charge is 0.484 e. The van der Waals surface area contributed by atoms with Crippen molar-refractivity contribution in [3.05, 3.63) is 23.8 Å². The fraction of sp³-hybridized carbons (Fsp3) is 0.562. The number of fused-ring (bicyclic) bond motifs is 2. The van der Waals surface area contributed by atoms with Gasteiger partial charge in [0.05, 0.1) is 18.1 Å². The van der Waals surface area contributed by atoms with Gasteiger partial charge in [0, 0.05) is 13.7 Å². The van der Waals surface area contributed by atoms with Gasteiger partial charge in [-0.1, -0.05) is 24.5 Å². The van der Waals surface area contributed by atoms with Crippen molar-refractivity contribution in [3.8, 4) is 5.75 Å². The van der Waals surface area contributed by atoms with Crippen LogP contribution < -0.4 is 15.9 Å². The fourth-order valence-electron chi connectivity index (χ4n) is 3.92. The molecule has 1 saturated heterocycles. The monoisotopic (exact) mass is 315 g/mol. The molecule has 2 N–H and O–H groups in total. The highest BCUT2D eigenvalue weighted by Crippen LogP contribution is 2.54. The average Bonchev–Trinajstić information content (AvgIpc) is 2.84. The Morgan fingerprint density at radius 2 is 2.26 bits per heavy atom. The maximum absolute atomic E-state index is 6.45. The Kier molecular flexibility index (Phi) is 3.15. The molecule has 1 aromatic rings. The van der Waals surface area contributed by atoms with Gasteiger partial charge < -0.3 is 15.2 Å². The maximum atomic E-state index is 6.45. The van der Waals surface area contributed by atoms with E-state index in [0.717, 1.165) is 36.2 Å². The Morgan fingerprint density at radius 1 is 1.43 bits per heavy atom. The van der Waals surface area contributed by atoms with Crippen LogP contribution in [0.5, 0.6) is 5.75 Å². The van der Waals surface area contributed by atoms with Crippen molar-refractivity contribution >= 4 is 19.3 Å². The number of nitrogens with two attached hydrogens (primary N) is 1. The van der Waals surface area contributed by atoms with Crippen molar-refractivity contribution < 1.29 is 14.3 Å². The fourth-order valence-corrected chi connectivity index (χ4v) is 3.92. The standard InChI is InChI=1S/C16H22BN3O3/c1-10-15(6-3-7-21-9-15)22-13-5-4-11(17)8-12(13)16(10)19-14(18)20(2)23-16/h4-5,8,10H,3,6-7,9,17H2,1-2H3,(H2,18,19). The van der Waals surface area contributed by atoms with Gasteiger partial charge in [-0.2, -0.15) is 0 Å². The van der Waals surface area contributed by atoms with E-state index in [2.05, 4.69) is 20.8 Å². The second kappa shape index (κ2) is 4.88. The van der Waals surface area contributed by atoms with Gasteiger partial charge in [-0.15, -0.1) is 0 Å². The molecule has 122 valence electrons. The molecule has 3 heterocycles. The summed E-state index contributed by atoms with van der Waals surface area (Å²) >= 11 is 0. The van der Waals surface area contributed by atoms with Gasteiger partial charge in [0.15, 0.2) is 0 Å². The van der Waals surface area contributed by atoms with E-state index in [1.807, 2.05) is 12.1 Å². The summed E-state index contributed by atoms with van der Waals surface area (Å²) in [7, 11) is 3.84. The number of hydrogen-bond acceptors (Lipinski definition) is 6. The third kappa shape index (κ3) is 1.99. The highest BCUT2D eigenvalue weighted by Gasteiger charge is 2.60. The topological polar surface area (TPSA) is 69.3 Å². The van der Waals surface area contributed by atoms with Crippen LogP contribution in [-0.4, -0.2) is 44.7 Å². The summed E-state index contributed by atoms with van der Waals surface area (Å²) in [6.07, 6.45) is 1.89. The second-order valence-electron chi connectivity index (χ2n) is 6.80. The van der Waals surface area contributed by atoms with Crippen LogP contribution in [0.2, 0.25) is 0 Å². The molecule has 7 heteroatoms. The van der Waals surface area contributed by atoms with Gasteiger partial charge in [0.1, 0.15) is 19.2 Å². The number of benzene rings is 1. The van der Waals surface area contributed by atoms with Crippen LogP contribution in [0.4, 0.5) is 0 Å². The van der Waals surface area contributed by atoms with Crippen LogP contribution in [0.1, 0.15) is 25.3 Å². The highest BCUT2D eigenvalue weighted by molar-refractivity contribution is 6.32. The lowest BCUT2D eigenvalue weighted by Crippen LogP contribution is -2.59.